The summed E-state index contributed by atoms with van der Waals surface area (Å²) < 4.78 is 18.0. The van der Waals surface area contributed by atoms with Gasteiger partial charge in [-0.2, -0.15) is 0 Å². The standard InChI is InChI=1S/C25H30O3/c1-13(14-8-9-25(2)21(11-14)28-25)10-15-4-3-5-16-18(15)12-20-24(27-20)22(16)17-6-7-19-23(17)26-19/h3-5,10,14,17,19-24H,6-9,11-12H2,1-2H3/b13-10+. The number of allylic oxidation sites excluding steroid dienone is 1. The van der Waals surface area contributed by atoms with Gasteiger partial charge in [0.25, 0.3) is 0 Å². The fourth-order valence-electron chi connectivity index (χ4n) is 6.89. The van der Waals surface area contributed by atoms with Crippen molar-refractivity contribution in [3.05, 3.63) is 40.5 Å². The van der Waals surface area contributed by atoms with Gasteiger partial charge in [-0.05, 0) is 74.5 Å². The topological polar surface area (TPSA) is 37.6 Å². The fraction of sp³-hybridized carbons (Fsp3) is 0.680. The van der Waals surface area contributed by atoms with Crippen molar-refractivity contribution in [1.29, 1.82) is 0 Å². The van der Waals surface area contributed by atoms with Crippen LogP contribution in [0.4, 0.5) is 0 Å². The van der Waals surface area contributed by atoms with Crippen molar-refractivity contribution in [2.45, 2.75) is 94.4 Å². The molecule has 28 heavy (non-hydrogen) atoms. The zero-order chi connectivity index (χ0) is 18.6. The van der Waals surface area contributed by atoms with E-state index in [-0.39, 0.29) is 5.60 Å². The van der Waals surface area contributed by atoms with Crippen LogP contribution in [0.2, 0.25) is 0 Å². The molecular formula is C25H30O3. The van der Waals surface area contributed by atoms with Crippen LogP contribution in [0.1, 0.15) is 68.6 Å². The summed E-state index contributed by atoms with van der Waals surface area (Å²) >= 11 is 0. The first-order chi connectivity index (χ1) is 13.6. The third-order valence-electron chi connectivity index (χ3n) is 8.83. The average molecular weight is 379 g/mol. The first-order valence-electron chi connectivity index (χ1n) is 11.4. The highest BCUT2D eigenvalue weighted by Gasteiger charge is 2.60. The van der Waals surface area contributed by atoms with Crippen LogP contribution < -0.4 is 0 Å². The molecule has 3 nitrogen and oxygen atoms in total. The van der Waals surface area contributed by atoms with Crippen molar-refractivity contribution < 1.29 is 14.2 Å². The Kier molecular flexibility index (Phi) is 3.26. The Morgan fingerprint density at radius 2 is 2.00 bits per heavy atom. The SMILES string of the molecule is C/C(=C\c1cccc2c1CC1OC1C2C1CCC2OC21)C1CCC2(C)OC2C1. The van der Waals surface area contributed by atoms with E-state index in [0.29, 0.717) is 48.3 Å². The maximum Gasteiger partial charge on any atom is 0.0920 e. The van der Waals surface area contributed by atoms with Crippen molar-refractivity contribution in [2.75, 3.05) is 0 Å². The minimum absolute atomic E-state index is 0.207. The summed E-state index contributed by atoms with van der Waals surface area (Å²) in [5.74, 6) is 1.90. The molecule has 1 aromatic carbocycles. The van der Waals surface area contributed by atoms with Crippen LogP contribution in [0.25, 0.3) is 6.08 Å². The molecular weight excluding hydrogens is 348 g/mol. The van der Waals surface area contributed by atoms with Gasteiger partial charge in [-0.1, -0.05) is 29.8 Å². The monoisotopic (exact) mass is 378 g/mol. The minimum atomic E-state index is 0.207. The Morgan fingerprint density at radius 3 is 2.79 bits per heavy atom. The zero-order valence-electron chi connectivity index (χ0n) is 16.9. The molecule has 7 rings (SSSR count). The molecule has 3 heteroatoms. The molecule has 2 saturated carbocycles. The molecule has 3 heterocycles. The Morgan fingerprint density at radius 1 is 1.11 bits per heavy atom. The van der Waals surface area contributed by atoms with Gasteiger partial charge in [0.05, 0.1) is 36.1 Å². The van der Waals surface area contributed by atoms with Crippen molar-refractivity contribution in [2.24, 2.45) is 11.8 Å². The maximum atomic E-state index is 6.17. The fourth-order valence-corrected chi connectivity index (χ4v) is 6.89. The molecule has 0 amide bonds. The normalized spacial score (nSPS) is 50.3. The van der Waals surface area contributed by atoms with Gasteiger partial charge >= 0.3 is 0 Å². The van der Waals surface area contributed by atoms with Crippen molar-refractivity contribution in [1.82, 2.24) is 0 Å². The third-order valence-corrected chi connectivity index (χ3v) is 8.83. The summed E-state index contributed by atoms with van der Waals surface area (Å²) in [7, 11) is 0. The van der Waals surface area contributed by atoms with Crippen LogP contribution in [-0.4, -0.2) is 36.1 Å². The number of rotatable bonds is 3. The molecule has 5 fully saturated rings. The summed E-state index contributed by atoms with van der Waals surface area (Å²) in [4.78, 5) is 0. The molecule has 9 atom stereocenters. The Hall–Kier alpha value is -1.16. The van der Waals surface area contributed by atoms with Crippen LogP contribution >= 0.6 is 0 Å². The lowest BCUT2D eigenvalue weighted by Crippen LogP contribution is -2.27. The number of hydrogen-bond acceptors (Lipinski definition) is 3. The van der Waals surface area contributed by atoms with Gasteiger partial charge in [0, 0.05) is 12.3 Å². The molecule has 148 valence electrons. The second-order valence-corrected chi connectivity index (χ2v) is 10.4. The lowest BCUT2D eigenvalue weighted by molar-refractivity contribution is 0.218. The number of fused-ring (bicyclic) bond motifs is 4. The molecule has 1 aromatic rings. The lowest BCUT2D eigenvalue weighted by Gasteiger charge is -2.29. The van der Waals surface area contributed by atoms with E-state index in [1.54, 1.807) is 11.1 Å². The molecule has 6 aliphatic rings. The summed E-state index contributed by atoms with van der Waals surface area (Å²) in [5.41, 5.74) is 6.29. The van der Waals surface area contributed by atoms with Gasteiger partial charge in [0.1, 0.15) is 0 Å². The largest absolute Gasteiger partial charge is 0.369 e. The van der Waals surface area contributed by atoms with Gasteiger partial charge in [-0.15, -0.1) is 0 Å². The van der Waals surface area contributed by atoms with Crippen LogP contribution in [0.5, 0.6) is 0 Å². The summed E-state index contributed by atoms with van der Waals surface area (Å²) in [6, 6.07) is 6.98. The van der Waals surface area contributed by atoms with Gasteiger partial charge < -0.3 is 14.2 Å². The van der Waals surface area contributed by atoms with Crippen molar-refractivity contribution in [3.63, 3.8) is 0 Å². The third kappa shape index (κ3) is 2.39. The average Bonchev–Trinajstić information content (AvgIpc) is 3.60. The van der Waals surface area contributed by atoms with Crippen LogP contribution in [-0.2, 0) is 20.6 Å². The van der Waals surface area contributed by atoms with E-state index >= 15 is 0 Å². The Balaban J connectivity index is 1.21. The highest BCUT2D eigenvalue weighted by atomic mass is 16.6. The van der Waals surface area contributed by atoms with E-state index in [4.69, 9.17) is 14.2 Å². The Labute approximate surface area is 167 Å². The molecule has 3 aliphatic heterocycles. The van der Waals surface area contributed by atoms with E-state index in [9.17, 15) is 0 Å². The molecule has 0 spiro atoms. The first kappa shape index (κ1) is 16.6. The lowest BCUT2D eigenvalue weighted by atomic mass is 9.73. The van der Waals surface area contributed by atoms with Crippen molar-refractivity contribution in [3.8, 4) is 0 Å². The van der Waals surface area contributed by atoms with Crippen LogP contribution in [0, 0.1) is 11.8 Å². The van der Waals surface area contributed by atoms with E-state index < -0.39 is 0 Å². The minimum Gasteiger partial charge on any atom is -0.369 e. The summed E-state index contributed by atoms with van der Waals surface area (Å²) in [5, 5.41) is 0. The van der Waals surface area contributed by atoms with Gasteiger partial charge in [-0.25, -0.2) is 0 Å². The van der Waals surface area contributed by atoms with Crippen LogP contribution in [0.15, 0.2) is 23.8 Å². The quantitative estimate of drug-likeness (QED) is 0.720. The second-order valence-electron chi connectivity index (χ2n) is 10.4. The predicted octanol–water partition coefficient (Wildman–Crippen LogP) is 4.63. The molecule has 0 bridgehead atoms. The van der Waals surface area contributed by atoms with Gasteiger partial charge in [-0.3, -0.25) is 0 Å². The maximum absolute atomic E-state index is 6.17. The number of ether oxygens (including phenoxy) is 3. The number of benzene rings is 1. The first-order valence-corrected chi connectivity index (χ1v) is 11.4. The van der Waals surface area contributed by atoms with Crippen LogP contribution in [0.3, 0.4) is 0 Å². The van der Waals surface area contributed by atoms with E-state index in [2.05, 4.69) is 38.1 Å². The molecule has 3 aliphatic carbocycles. The van der Waals surface area contributed by atoms with E-state index in [1.807, 2.05) is 0 Å². The molecule has 0 aromatic heterocycles. The summed E-state index contributed by atoms with van der Waals surface area (Å²) in [6.07, 6.45) is 12.3. The molecule has 0 N–H and O–H groups in total. The number of hydrogen-bond donors (Lipinski definition) is 0. The van der Waals surface area contributed by atoms with E-state index in [0.717, 1.165) is 6.42 Å². The highest BCUT2D eigenvalue weighted by Crippen LogP contribution is 2.57. The summed E-state index contributed by atoms with van der Waals surface area (Å²) in [6.45, 7) is 4.62. The van der Waals surface area contributed by atoms with Gasteiger partial charge in [0.2, 0.25) is 0 Å². The number of epoxide rings is 3. The molecule has 3 saturated heterocycles. The molecule has 9 unspecified atom stereocenters. The van der Waals surface area contributed by atoms with E-state index in [1.165, 1.54) is 43.2 Å². The van der Waals surface area contributed by atoms with Crippen molar-refractivity contribution >= 4 is 6.08 Å². The van der Waals surface area contributed by atoms with Gasteiger partial charge in [0.15, 0.2) is 0 Å². The predicted molar refractivity (Wildman–Crippen MR) is 107 cm³/mol. The second kappa shape index (κ2) is 5.50. The highest BCUT2D eigenvalue weighted by molar-refractivity contribution is 5.61. The smallest absolute Gasteiger partial charge is 0.0920 e. The Bertz CT molecular complexity index is 875. The zero-order valence-corrected chi connectivity index (χ0v) is 16.9. The molecule has 0 radical (unpaired) electrons.